The second-order valence-corrected chi connectivity index (χ2v) is 5.22. The Hall–Kier alpha value is -1.67. The molecular formula is C15H24O8. The number of ether oxygens (including phenoxy) is 4. The molecule has 23 heavy (non-hydrogen) atoms. The number of aliphatic carboxylic acids is 1. The Bertz CT molecular complexity index is 422. The highest BCUT2D eigenvalue weighted by Crippen LogP contribution is 2.31. The monoisotopic (exact) mass is 332 g/mol. The minimum atomic E-state index is -0.979. The van der Waals surface area contributed by atoms with Gasteiger partial charge in [0.15, 0.2) is 12.4 Å². The SMILES string of the molecule is CCC(=O)O[C@H]1[C@@H](CCC(=O)O)[C@@H](OC)OC[C@H]1OC(=O)CC. The summed E-state index contributed by atoms with van der Waals surface area (Å²) in [5.74, 6) is -2.41. The van der Waals surface area contributed by atoms with Crippen LogP contribution < -0.4 is 0 Å². The van der Waals surface area contributed by atoms with E-state index in [4.69, 9.17) is 24.1 Å². The van der Waals surface area contributed by atoms with Crippen molar-refractivity contribution in [1.29, 1.82) is 0 Å². The number of carboxylic acid groups (broad SMARTS) is 1. The van der Waals surface area contributed by atoms with Crippen LogP contribution in [0.2, 0.25) is 0 Å². The number of hydrogen-bond acceptors (Lipinski definition) is 7. The molecule has 1 aliphatic heterocycles. The van der Waals surface area contributed by atoms with E-state index in [2.05, 4.69) is 0 Å². The Balaban J connectivity index is 2.94. The summed E-state index contributed by atoms with van der Waals surface area (Å²) >= 11 is 0. The summed E-state index contributed by atoms with van der Waals surface area (Å²) in [6.07, 6.45) is -1.91. The lowest BCUT2D eigenvalue weighted by Gasteiger charge is -2.40. The molecule has 1 saturated heterocycles. The van der Waals surface area contributed by atoms with Gasteiger partial charge in [-0.2, -0.15) is 0 Å². The van der Waals surface area contributed by atoms with Crippen LogP contribution in [0.25, 0.3) is 0 Å². The second-order valence-electron chi connectivity index (χ2n) is 5.22. The first-order chi connectivity index (χ1) is 10.9. The summed E-state index contributed by atoms with van der Waals surface area (Å²) in [5, 5.41) is 8.89. The Labute approximate surface area is 135 Å². The molecule has 0 spiro atoms. The molecule has 0 unspecified atom stereocenters. The van der Waals surface area contributed by atoms with Crippen LogP contribution in [0.5, 0.6) is 0 Å². The van der Waals surface area contributed by atoms with Gasteiger partial charge in [0.25, 0.3) is 0 Å². The summed E-state index contributed by atoms with van der Waals surface area (Å²) < 4.78 is 21.4. The average Bonchev–Trinajstić information content (AvgIpc) is 2.54. The molecule has 132 valence electrons. The average molecular weight is 332 g/mol. The number of esters is 2. The van der Waals surface area contributed by atoms with Crippen molar-refractivity contribution in [3.05, 3.63) is 0 Å². The van der Waals surface area contributed by atoms with E-state index in [9.17, 15) is 14.4 Å². The van der Waals surface area contributed by atoms with Crippen LogP contribution >= 0.6 is 0 Å². The lowest BCUT2D eigenvalue weighted by atomic mass is 9.90. The van der Waals surface area contributed by atoms with Crippen molar-refractivity contribution in [2.75, 3.05) is 13.7 Å². The van der Waals surface area contributed by atoms with Gasteiger partial charge in [0.05, 0.1) is 12.5 Å². The number of methoxy groups -OCH3 is 1. The van der Waals surface area contributed by atoms with Crippen molar-refractivity contribution < 1.29 is 38.4 Å². The predicted octanol–water partition coefficient (Wildman–Crippen LogP) is 1.11. The van der Waals surface area contributed by atoms with Gasteiger partial charge in [-0.15, -0.1) is 0 Å². The molecule has 0 aromatic heterocycles. The molecule has 0 amide bonds. The highest BCUT2D eigenvalue weighted by molar-refractivity contribution is 5.70. The molecule has 8 nitrogen and oxygen atoms in total. The molecule has 4 atom stereocenters. The van der Waals surface area contributed by atoms with Gasteiger partial charge in [-0.3, -0.25) is 14.4 Å². The summed E-state index contributed by atoms with van der Waals surface area (Å²) in [6, 6.07) is 0. The first kappa shape index (κ1) is 19.4. The summed E-state index contributed by atoms with van der Waals surface area (Å²) in [4.78, 5) is 34.1. The van der Waals surface area contributed by atoms with Gasteiger partial charge < -0.3 is 24.1 Å². The van der Waals surface area contributed by atoms with Gasteiger partial charge in [0.1, 0.15) is 6.10 Å². The summed E-state index contributed by atoms with van der Waals surface area (Å²) in [7, 11) is 1.43. The zero-order chi connectivity index (χ0) is 17.4. The quantitative estimate of drug-likeness (QED) is 0.659. The van der Waals surface area contributed by atoms with E-state index in [1.165, 1.54) is 7.11 Å². The van der Waals surface area contributed by atoms with E-state index in [0.717, 1.165) is 0 Å². The third-order valence-corrected chi connectivity index (χ3v) is 3.61. The summed E-state index contributed by atoms with van der Waals surface area (Å²) in [5.41, 5.74) is 0. The van der Waals surface area contributed by atoms with Gasteiger partial charge in [-0.25, -0.2) is 0 Å². The van der Waals surface area contributed by atoms with Crippen LogP contribution in [0.3, 0.4) is 0 Å². The smallest absolute Gasteiger partial charge is 0.305 e. The van der Waals surface area contributed by atoms with E-state index in [1.807, 2.05) is 0 Å². The van der Waals surface area contributed by atoms with Crippen molar-refractivity contribution in [3.63, 3.8) is 0 Å². The van der Waals surface area contributed by atoms with Gasteiger partial charge in [0.2, 0.25) is 0 Å². The van der Waals surface area contributed by atoms with E-state index in [-0.39, 0.29) is 32.3 Å². The largest absolute Gasteiger partial charge is 0.481 e. The van der Waals surface area contributed by atoms with Crippen molar-refractivity contribution in [2.45, 2.75) is 58.0 Å². The van der Waals surface area contributed by atoms with Crippen molar-refractivity contribution >= 4 is 17.9 Å². The first-order valence-electron chi connectivity index (χ1n) is 7.68. The third kappa shape index (κ3) is 5.80. The maximum absolute atomic E-state index is 11.7. The first-order valence-corrected chi connectivity index (χ1v) is 7.68. The van der Waals surface area contributed by atoms with Gasteiger partial charge in [-0.05, 0) is 6.42 Å². The molecule has 1 rings (SSSR count). The Kier molecular flexibility index (Phi) is 7.97. The number of rotatable bonds is 8. The molecule has 1 heterocycles. The molecule has 8 heteroatoms. The molecule has 1 aliphatic rings. The van der Waals surface area contributed by atoms with Crippen LogP contribution in [-0.4, -0.2) is 55.2 Å². The zero-order valence-corrected chi connectivity index (χ0v) is 13.6. The topological polar surface area (TPSA) is 108 Å². The van der Waals surface area contributed by atoms with Crippen molar-refractivity contribution in [1.82, 2.24) is 0 Å². The van der Waals surface area contributed by atoms with Crippen molar-refractivity contribution in [2.24, 2.45) is 5.92 Å². The Morgan fingerprint density at radius 2 is 1.74 bits per heavy atom. The van der Waals surface area contributed by atoms with Crippen LogP contribution in [0, 0.1) is 5.92 Å². The van der Waals surface area contributed by atoms with Crippen molar-refractivity contribution in [3.8, 4) is 0 Å². The highest BCUT2D eigenvalue weighted by atomic mass is 16.7. The fraction of sp³-hybridized carbons (Fsp3) is 0.800. The minimum absolute atomic E-state index is 0.0233. The molecular weight excluding hydrogens is 308 g/mol. The van der Waals surface area contributed by atoms with Crippen LogP contribution in [0.15, 0.2) is 0 Å². The van der Waals surface area contributed by atoms with Gasteiger partial charge in [0, 0.05) is 26.4 Å². The van der Waals surface area contributed by atoms with Gasteiger partial charge in [-0.1, -0.05) is 13.8 Å². The lowest BCUT2D eigenvalue weighted by Crippen LogP contribution is -2.53. The molecule has 0 radical (unpaired) electrons. The molecule has 0 bridgehead atoms. The minimum Gasteiger partial charge on any atom is -0.481 e. The van der Waals surface area contributed by atoms with E-state index < -0.39 is 42.3 Å². The maximum atomic E-state index is 11.7. The predicted molar refractivity (Wildman–Crippen MR) is 77.5 cm³/mol. The zero-order valence-electron chi connectivity index (χ0n) is 13.6. The molecule has 1 N–H and O–H groups in total. The van der Waals surface area contributed by atoms with Crippen LogP contribution in [0.4, 0.5) is 0 Å². The van der Waals surface area contributed by atoms with Crippen LogP contribution in [0.1, 0.15) is 39.5 Å². The molecule has 0 saturated carbocycles. The van der Waals surface area contributed by atoms with Gasteiger partial charge >= 0.3 is 17.9 Å². The fourth-order valence-corrected chi connectivity index (χ4v) is 2.42. The fourth-order valence-electron chi connectivity index (χ4n) is 2.42. The number of carbonyl (C=O) groups excluding carboxylic acids is 2. The Morgan fingerprint density at radius 3 is 2.26 bits per heavy atom. The Morgan fingerprint density at radius 1 is 1.13 bits per heavy atom. The summed E-state index contributed by atoms with van der Waals surface area (Å²) in [6.45, 7) is 3.32. The van der Waals surface area contributed by atoms with E-state index in [0.29, 0.717) is 0 Å². The molecule has 1 fully saturated rings. The highest BCUT2D eigenvalue weighted by Gasteiger charge is 2.44. The second kappa shape index (κ2) is 9.46. The van der Waals surface area contributed by atoms with Crippen LogP contribution in [-0.2, 0) is 33.3 Å². The normalized spacial score (nSPS) is 27.3. The number of carboxylic acids is 1. The molecule has 0 aromatic carbocycles. The van der Waals surface area contributed by atoms with E-state index >= 15 is 0 Å². The molecule has 0 aliphatic carbocycles. The van der Waals surface area contributed by atoms with E-state index in [1.54, 1.807) is 13.8 Å². The number of carbonyl (C=O) groups is 3. The standard InChI is InChI=1S/C15H24O8/c1-4-12(18)22-10-8-21-15(20-3)9(6-7-11(16)17)14(10)23-13(19)5-2/h9-10,14-15H,4-8H2,1-3H3,(H,16,17)/t9-,10-,14+,15+/m1/s1. The third-order valence-electron chi connectivity index (χ3n) is 3.61. The molecule has 0 aromatic rings. The maximum Gasteiger partial charge on any atom is 0.305 e. The lowest BCUT2D eigenvalue weighted by molar-refractivity contribution is -0.254. The number of hydrogen-bond donors (Lipinski definition) is 1.